The van der Waals surface area contributed by atoms with Crippen molar-refractivity contribution in [2.75, 3.05) is 0 Å². The highest BCUT2D eigenvalue weighted by Gasteiger charge is 2.48. The van der Waals surface area contributed by atoms with Gasteiger partial charge in [-0.25, -0.2) is 0 Å². The maximum atomic E-state index is 2.57. The van der Waals surface area contributed by atoms with E-state index in [-0.39, 0.29) is 16.2 Å². The van der Waals surface area contributed by atoms with Crippen LogP contribution < -0.4 is 0 Å². The molecule has 0 aliphatic heterocycles. The smallest absolute Gasteiger partial charge is 0.0587 e. The van der Waals surface area contributed by atoms with Crippen molar-refractivity contribution in [2.45, 2.75) is 90.9 Å². The molecule has 222 valence electrons. The van der Waals surface area contributed by atoms with Crippen LogP contribution in [-0.4, -0.2) is 0 Å². The van der Waals surface area contributed by atoms with Crippen molar-refractivity contribution in [3.05, 3.63) is 153 Å². The molecule has 5 aromatic carbocycles. The third-order valence-corrected chi connectivity index (χ3v) is 10.6. The summed E-state index contributed by atoms with van der Waals surface area (Å²) in [5.41, 5.74) is 18.9. The zero-order valence-electron chi connectivity index (χ0n) is 28.2. The maximum absolute atomic E-state index is 2.57. The molecule has 2 aliphatic carbocycles. The van der Waals surface area contributed by atoms with Crippen molar-refractivity contribution in [1.29, 1.82) is 0 Å². The monoisotopic (exact) mass is 574 g/mol. The minimum absolute atomic E-state index is 0.0511. The van der Waals surface area contributed by atoms with Crippen molar-refractivity contribution in [1.82, 2.24) is 0 Å². The number of benzene rings is 5. The summed E-state index contributed by atoms with van der Waals surface area (Å²) in [5.74, 6) is 0. The van der Waals surface area contributed by atoms with Gasteiger partial charge in [-0.1, -0.05) is 151 Å². The van der Waals surface area contributed by atoms with Crippen molar-refractivity contribution in [2.24, 2.45) is 0 Å². The molecule has 0 bridgehead atoms. The lowest BCUT2D eigenvalue weighted by atomic mass is 9.66. The van der Waals surface area contributed by atoms with Gasteiger partial charge in [0.1, 0.15) is 0 Å². The van der Waals surface area contributed by atoms with E-state index >= 15 is 0 Å². The van der Waals surface area contributed by atoms with E-state index in [1.54, 1.807) is 0 Å². The zero-order chi connectivity index (χ0) is 31.4. The summed E-state index contributed by atoms with van der Waals surface area (Å²) in [6.45, 7) is 23.1. The van der Waals surface area contributed by atoms with Gasteiger partial charge in [0.05, 0.1) is 5.41 Å². The lowest BCUT2D eigenvalue weighted by molar-refractivity contribution is 0.588. The van der Waals surface area contributed by atoms with E-state index in [1.807, 2.05) is 0 Å². The van der Waals surface area contributed by atoms with Gasteiger partial charge in [-0.2, -0.15) is 0 Å². The van der Waals surface area contributed by atoms with Crippen LogP contribution in [0.25, 0.3) is 22.3 Å². The first-order valence-electron chi connectivity index (χ1n) is 16.3. The topological polar surface area (TPSA) is 0 Å². The summed E-state index contributed by atoms with van der Waals surface area (Å²) in [4.78, 5) is 0. The second-order valence-electron chi connectivity index (χ2n) is 16.1. The predicted molar refractivity (Wildman–Crippen MR) is 188 cm³/mol. The Morgan fingerprint density at radius 3 is 1.25 bits per heavy atom. The highest BCUT2D eigenvalue weighted by Crippen LogP contribution is 2.60. The summed E-state index contributed by atoms with van der Waals surface area (Å²) in [6, 6.07) is 38.4. The molecule has 0 saturated carbocycles. The normalized spacial score (nSPS) is 15.9. The fourth-order valence-electron chi connectivity index (χ4n) is 8.01. The van der Waals surface area contributed by atoms with Gasteiger partial charge in [-0.3, -0.25) is 0 Å². The summed E-state index contributed by atoms with van der Waals surface area (Å²) in [6.07, 6.45) is 0. The number of hydrogen-bond donors (Lipinski definition) is 0. The van der Waals surface area contributed by atoms with E-state index < -0.39 is 5.41 Å². The Balaban J connectivity index is 1.60. The van der Waals surface area contributed by atoms with Gasteiger partial charge >= 0.3 is 0 Å². The molecule has 0 amide bonds. The van der Waals surface area contributed by atoms with Crippen LogP contribution in [-0.2, 0) is 21.7 Å². The molecule has 0 nitrogen and oxygen atoms in total. The summed E-state index contributed by atoms with van der Waals surface area (Å²) < 4.78 is 0. The van der Waals surface area contributed by atoms with Crippen molar-refractivity contribution >= 4 is 0 Å². The molecule has 0 atom stereocenters. The van der Waals surface area contributed by atoms with E-state index in [0.717, 1.165) is 0 Å². The van der Waals surface area contributed by atoms with E-state index in [1.165, 1.54) is 77.9 Å². The van der Waals surface area contributed by atoms with Gasteiger partial charge in [0, 0.05) is 5.41 Å². The maximum Gasteiger partial charge on any atom is 0.0713 e. The van der Waals surface area contributed by atoms with Gasteiger partial charge in [0.2, 0.25) is 0 Å². The van der Waals surface area contributed by atoms with Crippen LogP contribution in [0.15, 0.2) is 97.1 Å². The zero-order valence-corrected chi connectivity index (χ0v) is 28.2. The second kappa shape index (κ2) is 9.31. The van der Waals surface area contributed by atoms with Gasteiger partial charge in [0.15, 0.2) is 0 Å². The second-order valence-corrected chi connectivity index (χ2v) is 16.1. The predicted octanol–water partition coefficient (Wildman–Crippen LogP) is 11.6. The molecule has 44 heavy (non-hydrogen) atoms. The third-order valence-electron chi connectivity index (χ3n) is 10.6. The largest absolute Gasteiger partial charge is 0.0713 e. The standard InChI is InChI=1S/C44H46/c1-27-11-21-33-35-26-40-36(25-38(35)43(9,10)37(33)23-27)34-22-12-28(2)24-39(34)44(40,31-17-13-29(14-18-31)41(3,4)5)32-19-15-30(16-20-32)42(6,7)8/h11-26H,1-10H3. The van der Waals surface area contributed by atoms with Crippen LogP contribution in [0, 0.1) is 13.8 Å². The molecule has 5 aromatic rings. The average molecular weight is 575 g/mol. The Labute approximate surface area is 265 Å². The molecule has 0 heterocycles. The van der Waals surface area contributed by atoms with Crippen LogP contribution in [0.5, 0.6) is 0 Å². The highest BCUT2D eigenvalue weighted by molar-refractivity contribution is 5.92. The molecule has 0 unspecified atom stereocenters. The van der Waals surface area contributed by atoms with Gasteiger partial charge in [-0.05, 0) is 104 Å². The average Bonchev–Trinajstić information content (AvgIpc) is 3.36. The van der Waals surface area contributed by atoms with Gasteiger partial charge < -0.3 is 0 Å². The van der Waals surface area contributed by atoms with Crippen molar-refractivity contribution in [3.63, 3.8) is 0 Å². The first-order valence-corrected chi connectivity index (χ1v) is 16.3. The van der Waals surface area contributed by atoms with Crippen LogP contribution >= 0.6 is 0 Å². The molecule has 0 N–H and O–H groups in total. The summed E-state index contributed by atoms with van der Waals surface area (Å²) in [7, 11) is 0. The van der Waals surface area contributed by atoms with Gasteiger partial charge in [-0.15, -0.1) is 0 Å². The quantitative estimate of drug-likeness (QED) is 0.193. The molecule has 7 rings (SSSR count). The number of aryl methyl sites for hydroxylation is 2. The third kappa shape index (κ3) is 4.03. The Hall–Kier alpha value is -3.90. The van der Waals surface area contributed by atoms with E-state index in [4.69, 9.17) is 0 Å². The van der Waals surface area contributed by atoms with Crippen molar-refractivity contribution in [3.8, 4) is 22.3 Å². The molecule has 0 radical (unpaired) electrons. The molecular weight excluding hydrogens is 528 g/mol. The van der Waals surface area contributed by atoms with Crippen molar-refractivity contribution < 1.29 is 0 Å². The number of hydrogen-bond acceptors (Lipinski definition) is 0. The summed E-state index contributed by atoms with van der Waals surface area (Å²) >= 11 is 0. The molecule has 0 fully saturated rings. The van der Waals surface area contributed by atoms with Crippen LogP contribution in [0.3, 0.4) is 0 Å². The fraction of sp³-hybridized carbons (Fsp3) is 0.318. The Kier molecular flexibility index (Phi) is 6.10. The van der Waals surface area contributed by atoms with Crippen LogP contribution in [0.4, 0.5) is 0 Å². The van der Waals surface area contributed by atoms with E-state index in [2.05, 4.69) is 166 Å². The molecule has 0 heteroatoms. The molecule has 0 aromatic heterocycles. The Morgan fingerprint density at radius 2 is 0.773 bits per heavy atom. The molecule has 0 saturated heterocycles. The number of rotatable bonds is 2. The minimum Gasteiger partial charge on any atom is -0.0587 e. The van der Waals surface area contributed by atoms with E-state index in [9.17, 15) is 0 Å². The SMILES string of the molecule is Cc1ccc2c(c1)C(C)(C)c1cc3c(cc1-2)C(c1ccc(C(C)(C)C)cc1)(c1ccc(C(C)(C)C)cc1)c1cc(C)ccc1-3. The lowest BCUT2D eigenvalue weighted by Gasteiger charge is -2.35. The lowest BCUT2D eigenvalue weighted by Crippen LogP contribution is -2.29. The first-order chi connectivity index (χ1) is 20.6. The Morgan fingerprint density at radius 1 is 0.409 bits per heavy atom. The van der Waals surface area contributed by atoms with Gasteiger partial charge in [0.25, 0.3) is 0 Å². The van der Waals surface area contributed by atoms with E-state index in [0.29, 0.717) is 0 Å². The van der Waals surface area contributed by atoms with Crippen LogP contribution in [0.1, 0.15) is 111 Å². The molecule has 2 aliphatic rings. The summed E-state index contributed by atoms with van der Waals surface area (Å²) in [5, 5.41) is 0. The minimum atomic E-state index is -0.420. The van der Waals surface area contributed by atoms with Crippen LogP contribution in [0.2, 0.25) is 0 Å². The molecule has 0 spiro atoms. The molecular formula is C44H46. The highest BCUT2D eigenvalue weighted by atomic mass is 14.5. The Bertz CT molecular complexity index is 1870. The first kappa shape index (κ1) is 28.8. The number of fused-ring (bicyclic) bond motifs is 6. The fourth-order valence-corrected chi connectivity index (χ4v) is 8.01.